The van der Waals surface area contributed by atoms with E-state index in [4.69, 9.17) is 13.7 Å². The van der Waals surface area contributed by atoms with Gasteiger partial charge in [-0.2, -0.15) is 4.98 Å². The van der Waals surface area contributed by atoms with Gasteiger partial charge in [0.05, 0.1) is 0 Å². The highest BCUT2D eigenvalue weighted by molar-refractivity contribution is 5.81. The molecule has 6 nitrogen and oxygen atoms in total. The van der Waals surface area contributed by atoms with Crippen LogP contribution in [0.2, 0.25) is 0 Å². The average molecular weight is 376 g/mol. The van der Waals surface area contributed by atoms with E-state index in [0.29, 0.717) is 23.0 Å². The SMILES string of the molecule is CCCc1cc(=O)oc2cc(OCc3nc(-c4ccccc4C)no3)ccc12. The van der Waals surface area contributed by atoms with E-state index in [2.05, 4.69) is 17.1 Å². The van der Waals surface area contributed by atoms with E-state index in [1.54, 1.807) is 12.1 Å². The molecular formula is C22H20N2O4. The minimum absolute atomic E-state index is 0.128. The van der Waals surface area contributed by atoms with Crippen LogP contribution in [0.1, 0.15) is 30.4 Å². The van der Waals surface area contributed by atoms with Crippen molar-refractivity contribution < 1.29 is 13.7 Å². The molecule has 0 bridgehead atoms. The van der Waals surface area contributed by atoms with Crippen LogP contribution in [0.4, 0.5) is 0 Å². The van der Waals surface area contributed by atoms with E-state index in [1.165, 1.54) is 0 Å². The number of fused-ring (bicyclic) bond motifs is 1. The standard InChI is InChI=1S/C22H20N2O4/c1-3-6-15-11-21(25)27-19-12-16(9-10-18(15)19)26-13-20-23-22(24-28-20)17-8-5-4-7-14(17)2/h4-5,7-12H,3,6,13H2,1-2H3. The first kappa shape index (κ1) is 18.0. The lowest BCUT2D eigenvalue weighted by molar-refractivity contribution is 0.243. The van der Waals surface area contributed by atoms with Gasteiger partial charge in [-0.3, -0.25) is 0 Å². The minimum Gasteiger partial charge on any atom is -0.484 e. The van der Waals surface area contributed by atoms with Crippen molar-refractivity contribution in [2.24, 2.45) is 0 Å². The Bertz CT molecular complexity index is 1180. The second-order valence-electron chi connectivity index (χ2n) is 6.61. The molecule has 0 fully saturated rings. The van der Waals surface area contributed by atoms with Gasteiger partial charge in [-0.25, -0.2) is 4.79 Å². The minimum atomic E-state index is -0.354. The third-order valence-electron chi connectivity index (χ3n) is 4.54. The van der Waals surface area contributed by atoms with Gasteiger partial charge in [-0.1, -0.05) is 42.8 Å². The fraction of sp³-hybridized carbons (Fsp3) is 0.227. The van der Waals surface area contributed by atoms with E-state index in [0.717, 1.165) is 34.9 Å². The number of rotatable bonds is 6. The summed E-state index contributed by atoms with van der Waals surface area (Å²) in [5.41, 5.74) is 3.14. The lowest BCUT2D eigenvalue weighted by Gasteiger charge is -2.07. The van der Waals surface area contributed by atoms with Crippen LogP contribution in [0, 0.1) is 6.92 Å². The van der Waals surface area contributed by atoms with Crippen molar-refractivity contribution in [3.63, 3.8) is 0 Å². The maximum absolute atomic E-state index is 11.8. The number of aryl methyl sites for hydroxylation is 2. The monoisotopic (exact) mass is 376 g/mol. The van der Waals surface area contributed by atoms with Crippen LogP contribution in [0.3, 0.4) is 0 Å². The lowest BCUT2D eigenvalue weighted by Crippen LogP contribution is -2.01. The molecule has 2 heterocycles. The van der Waals surface area contributed by atoms with Crippen LogP contribution < -0.4 is 10.4 Å². The topological polar surface area (TPSA) is 78.4 Å². The smallest absolute Gasteiger partial charge is 0.336 e. The largest absolute Gasteiger partial charge is 0.484 e. The molecule has 2 aromatic carbocycles. The maximum Gasteiger partial charge on any atom is 0.336 e. The van der Waals surface area contributed by atoms with E-state index < -0.39 is 0 Å². The zero-order valence-corrected chi connectivity index (χ0v) is 15.8. The van der Waals surface area contributed by atoms with Gasteiger partial charge in [-0.15, -0.1) is 0 Å². The Labute approximate surface area is 161 Å². The van der Waals surface area contributed by atoms with Crippen molar-refractivity contribution in [2.45, 2.75) is 33.3 Å². The quantitative estimate of drug-likeness (QED) is 0.455. The van der Waals surface area contributed by atoms with Gasteiger partial charge < -0.3 is 13.7 Å². The Balaban J connectivity index is 1.53. The fourth-order valence-corrected chi connectivity index (χ4v) is 3.17. The van der Waals surface area contributed by atoms with Crippen LogP contribution in [-0.2, 0) is 13.0 Å². The molecule has 0 saturated heterocycles. The second-order valence-corrected chi connectivity index (χ2v) is 6.61. The summed E-state index contributed by atoms with van der Waals surface area (Å²) in [7, 11) is 0. The van der Waals surface area contributed by atoms with Crippen LogP contribution in [0.25, 0.3) is 22.4 Å². The van der Waals surface area contributed by atoms with Crippen molar-refractivity contribution >= 4 is 11.0 Å². The summed E-state index contributed by atoms with van der Waals surface area (Å²) in [6.07, 6.45) is 1.78. The lowest BCUT2D eigenvalue weighted by atomic mass is 10.1. The van der Waals surface area contributed by atoms with Gasteiger partial charge >= 0.3 is 5.63 Å². The number of benzene rings is 2. The molecule has 0 unspecified atom stereocenters. The van der Waals surface area contributed by atoms with Gasteiger partial charge in [0.1, 0.15) is 11.3 Å². The molecule has 0 spiro atoms. The van der Waals surface area contributed by atoms with Crippen molar-refractivity contribution in [3.05, 3.63) is 76.0 Å². The summed E-state index contributed by atoms with van der Waals surface area (Å²) in [6.45, 7) is 4.20. The molecule has 28 heavy (non-hydrogen) atoms. The summed E-state index contributed by atoms with van der Waals surface area (Å²) < 4.78 is 16.4. The molecule has 0 aliphatic rings. The van der Waals surface area contributed by atoms with Crippen LogP contribution in [0.15, 0.2) is 62.3 Å². The predicted molar refractivity (Wildman–Crippen MR) is 105 cm³/mol. The molecule has 4 aromatic rings. The van der Waals surface area contributed by atoms with E-state index in [1.807, 2.05) is 43.3 Å². The molecule has 0 saturated carbocycles. The van der Waals surface area contributed by atoms with E-state index >= 15 is 0 Å². The molecule has 0 atom stereocenters. The van der Waals surface area contributed by atoms with Crippen molar-refractivity contribution in [1.29, 1.82) is 0 Å². The highest BCUT2D eigenvalue weighted by Gasteiger charge is 2.12. The maximum atomic E-state index is 11.8. The van der Waals surface area contributed by atoms with Gasteiger partial charge in [0.25, 0.3) is 5.89 Å². The van der Waals surface area contributed by atoms with Crippen molar-refractivity contribution in [3.8, 4) is 17.1 Å². The Kier molecular flexibility index (Phi) is 4.93. The molecular weight excluding hydrogens is 356 g/mol. The third kappa shape index (κ3) is 3.67. The molecule has 4 rings (SSSR count). The van der Waals surface area contributed by atoms with Crippen molar-refractivity contribution in [2.75, 3.05) is 0 Å². The number of aromatic nitrogens is 2. The first-order valence-electron chi connectivity index (χ1n) is 9.22. The van der Waals surface area contributed by atoms with E-state index in [9.17, 15) is 4.79 Å². The van der Waals surface area contributed by atoms with Crippen LogP contribution >= 0.6 is 0 Å². The number of hydrogen-bond donors (Lipinski definition) is 0. The molecule has 2 aromatic heterocycles. The summed E-state index contributed by atoms with van der Waals surface area (Å²) in [5.74, 6) is 1.48. The molecule has 0 N–H and O–H groups in total. The highest BCUT2D eigenvalue weighted by atomic mass is 16.5. The van der Waals surface area contributed by atoms with E-state index in [-0.39, 0.29) is 12.2 Å². The zero-order valence-electron chi connectivity index (χ0n) is 15.8. The number of nitrogens with zero attached hydrogens (tertiary/aromatic N) is 2. The second kappa shape index (κ2) is 7.68. The normalized spacial score (nSPS) is 11.1. The zero-order chi connectivity index (χ0) is 19.5. The first-order valence-corrected chi connectivity index (χ1v) is 9.22. The molecule has 0 aliphatic carbocycles. The summed E-state index contributed by atoms with van der Waals surface area (Å²) in [4.78, 5) is 16.2. The Morgan fingerprint density at radius 1 is 1.11 bits per heavy atom. The summed E-state index contributed by atoms with van der Waals surface area (Å²) in [5, 5.41) is 4.95. The first-order chi connectivity index (χ1) is 13.6. The molecule has 0 aliphatic heterocycles. The fourth-order valence-electron chi connectivity index (χ4n) is 3.17. The predicted octanol–water partition coefficient (Wildman–Crippen LogP) is 4.68. The van der Waals surface area contributed by atoms with Gasteiger partial charge in [-0.05, 0) is 36.6 Å². The molecule has 0 amide bonds. The summed E-state index contributed by atoms with van der Waals surface area (Å²) in [6, 6.07) is 14.9. The Morgan fingerprint density at radius 2 is 1.96 bits per heavy atom. The van der Waals surface area contributed by atoms with Gasteiger partial charge in [0, 0.05) is 23.1 Å². The summed E-state index contributed by atoms with van der Waals surface area (Å²) >= 11 is 0. The Hall–Kier alpha value is -3.41. The number of ether oxygens (including phenoxy) is 1. The molecule has 142 valence electrons. The molecule has 6 heteroatoms. The van der Waals surface area contributed by atoms with Crippen LogP contribution in [-0.4, -0.2) is 10.1 Å². The molecule has 0 radical (unpaired) electrons. The van der Waals surface area contributed by atoms with Crippen LogP contribution in [0.5, 0.6) is 5.75 Å². The number of hydrogen-bond acceptors (Lipinski definition) is 6. The highest BCUT2D eigenvalue weighted by Crippen LogP contribution is 2.25. The third-order valence-corrected chi connectivity index (χ3v) is 4.54. The van der Waals surface area contributed by atoms with Crippen molar-refractivity contribution in [1.82, 2.24) is 10.1 Å². The average Bonchev–Trinajstić information content (AvgIpc) is 3.15. The Morgan fingerprint density at radius 3 is 2.79 bits per heavy atom. The van der Waals surface area contributed by atoms with Gasteiger partial charge in [0.15, 0.2) is 6.61 Å². The van der Waals surface area contributed by atoms with Gasteiger partial charge in [0.2, 0.25) is 5.82 Å².